The van der Waals surface area contributed by atoms with Gasteiger partial charge in [-0.15, -0.1) is 0 Å². The summed E-state index contributed by atoms with van der Waals surface area (Å²) in [4.78, 5) is 14.7. The molecule has 2 aliphatic heterocycles. The Labute approximate surface area is 113 Å². The van der Waals surface area contributed by atoms with Crippen molar-refractivity contribution in [3.8, 4) is 5.75 Å². The second-order valence-corrected chi connectivity index (χ2v) is 5.32. The number of nitrogens with zero attached hydrogens (tertiary/aromatic N) is 1. The molecule has 2 unspecified atom stereocenters. The zero-order valence-electron chi connectivity index (χ0n) is 11.4. The summed E-state index contributed by atoms with van der Waals surface area (Å²) in [7, 11) is 1.63. The molecule has 1 aromatic rings. The fraction of sp³-hybridized carbons (Fsp3) is 0.533. The highest BCUT2D eigenvalue weighted by molar-refractivity contribution is 5.95. The molecule has 1 aromatic carbocycles. The van der Waals surface area contributed by atoms with Gasteiger partial charge in [-0.3, -0.25) is 4.79 Å². The van der Waals surface area contributed by atoms with Crippen LogP contribution in [0.1, 0.15) is 28.8 Å². The van der Waals surface area contributed by atoms with Crippen LogP contribution in [0.3, 0.4) is 0 Å². The summed E-state index contributed by atoms with van der Waals surface area (Å²) in [6.45, 7) is 3.32. The van der Waals surface area contributed by atoms with Gasteiger partial charge in [0.25, 0.3) is 5.91 Å². The lowest BCUT2D eigenvalue weighted by Gasteiger charge is -2.34. The number of aryl methyl sites for hydroxylation is 1. The lowest BCUT2D eigenvalue weighted by Crippen LogP contribution is -2.49. The van der Waals surface area contributed by atoms with Crippen LogP contribution in [-0.2, 0) is 4.74 Å². The largest absolute Gasteiger partial charge is 0.496 e. The molecule has 1 amide bonds. The van der Waals surface area contributed by atoms with E-state index in [0.717, 1.165) is 24.2 Å². The van der Waals surface area contributed by atoms with Gasteiger partial charge in [-0.05, 0) is 37.5 Å². The average Bonchev–Trinajstić information content (AvgIpc) is 2.68. The quantitative estimate of drug-likeness (QED) is 0.817. The molecule has 2 bridgehead atoms. The van der Waals surface area contributed by atoms with Crippen molar-refractivity contribution in [3.63, 3.8) is 0 Å². The Bertz CT molecular complexity index is 484. The smallest absolute Gasteiger partial charge is 0.254 e. The lowest BCUT2D eigenvalue weighted by molar-refractivity contribution is -0.00717. The van der Waals surface area contributed by atoms with Crippen LogP contribution in [0, 0.1) is 6.92 Å². The van der Waals surface area contributed by atoms with Gasteiger partial charge in [0.05, 0.1) is 32.4 Å². The third-order valence-electron chi connectivity index (χ3n) is 4.13. The first kappa shape index (κ1) is 12.5. The van der Waals surface area contributed by atoms with E-state index in [-0.39, 0.29) is 18.0 Å². The molecule has 2 heterocycles. The number of carbonyl (C=O) groups is 1. The number of methoxy groups -OCH3 is 1. The van der Waals surface area contributed by atoms with Crippen LogP contribution in [0.5, 0.6) is 5.75 Å². The molecule has 4 heteroatoms. The lowest BCUT2D eigenvalue weighted by atomic mass is 10.1. The molecule has 2 fully saturated rings. The zero-order chi connectivity index (χ0) is 13.4. The molecule has 0 aliphatic carbocycles. The number of fused-ring (bicyclic) bond motifs is 2. The summed E-state index contributed by atoms with van der Waals surface area (Å²) in [5.74, 6) is 0.876. The summed E-state index contributed by atoms with van der Waals surface area (Å²) < 4.78 is 10.8. The molecule has 19 heavy (non-hydrogen) atoms. The molecule has 0 N–H and O–H groups in total. The number of rotatable bonds is 2. The van der Waals surface area contributed by atoms with Gasteiger partial charge in [-0.2, -0.15) is 0 Å². The standard InChI is InChI=1S/C15H19NO3/c1-10-3-4-11(7-14(10)18-2)15(17)16-12-5-6-13(16)9-19-8-12/h3-4,7,12-13H,5-6,8-9H2,1-2H3. The van der Waals surface area contributed by atoms with Crippen LogP contribution in [0.25, 0.3) is 0 Å². The van der Waals surface area contributed by atoms with Crippen molar-refractivity contribution in [2.45, 2.75) is 31.8 Å². The highest BCUT2D eigenvalue weighted by Gasteiger charge is 2.40. The first-order valence-corrected chi connectivity index (χ1v) is 6.75. The highest BCUT2D eigenvalue weighted by Crippen LogP contribution is 2.31. The summed E-state index contributed by atoms with van der Waals surface area (Å²) >= 11 is 0. The van der Waals surface area contributed by atoms with E-state index >= 15 is 0 Å². The minimum atomic E-state index is 0.106. The molecule has 0 radical (unpaired) electrons. The summed E-state index contributed by atoms with van der Waals surface area (Å²) in [5.41, 5.74) is 1.75. The predicted octanol–water partition coefficient (Wildman–Crippen LogP) is 2.01. The van der Waals surface area contributed by atoms with Crippen molar-refractivity contribution in [1.82, 2.24) is 4.90 Å². The second-order valence-electron chi connectivity index (χ2n) is 5.32. The average molecular weight is 261 g/mol. The third-order valence-corrected chi connectivity index (χ3v) is 4.13. The molecule has 2 aliphatic rings. The third kappa shape index (κ3) is 2.10. The summed E-state index contributed by atoms with van der Waals surface area (Å²) in [5, 5.41) is 0. The van der Waals surface area contributed by atoms with Gasteiger partial charge in [0, 0.05) is 5.56 Å². The molecule has 0 aromatic heterocycles. The molecular formula is C15H19NO3. The number of amides is 1. The van der Waals surface area contributed by atoms with Crippen molar-refractivity contribution in [3.05, 3.63) is 29.3 Å². The minimum absolute atomic E-state index is 0.106. The van der Waals surface area contributed by atoms with Crippen molar-refractivity contribution < 1.29 is 14.3 Å². The first-order chi connectivity index (χ1) is 9.20. The van der Waals surface area contributed by atoms with E-state index in [1.165, 1.54) is 0 Å². The van der Waals surface area contributed by atoms with E-state index in [9.17, 15) is 4.79 Å². The summed E-state index contributed by atoms with van der Waals surface area (Å²) in [6, 6.07) is 6.16. The van der Waals surface area contributed by atoms with E-state index in [1.807, 2.05) is 30.0 Å². The minimum Gasteiger partial charge on any atom is -0.496 e. The maximum Gasteiger partial charge on any atom is 0.254 e. The molecule has 2 saturated heterocycles. The number of benzene rings is 1. The van der Waals surface area contributed by atoms with Gasteiger partial charge in [-0.25, -0.2) is 0 Å². The predicted molar refractivity (Wildman–Crippen MR) is 71.5 cm³/mol. The number of ether oxygens (including phenoxy) is 2. The molecule has 102 valence electrons. The van der Waals surface area contributed by atoms with Gasteiger partial charge in [0.15, 0.2) is 0 Å². The van der Waals surface area contributed by atoms with Gasteiger partial charge in [-0.1, -0.05) is 6.07 Å². The van der Waals surface area contributed by atoms with E-state index < -0.39 is 0 Å². The maximum absolute atomic E-state index is 12.7. The normalized spacial score (nSPS) is 25.5. The van der Waals surface area contributed by atoms with Crippen LogP contribution in [0.2, 0.25) is 0 Å². The molecule has 2 atom stereocenters. The fourth-order valence-electron chi connectivity index (χ4n) is 3.06. The molecule has 3 rings (SSSR count). The van der Waals surface area contributed by atoms with E-state index in [4.69, 9.17) is 9.47 Å². The Morgan fingerprint density at radius 1 is 1.32 bits per heavy atom. The van der Waals surface area contributed by atoms with E-state index in [2.05, 4.69) is 0 Å². The SMILES string of the molecule is COc1cc(C(=O)N2C3CCC2COC3)ccc1C. The van der Waals surface area contributed by atoms with Crippen LogP contribution in [0.15, 0.2) is 18.2 Å². The van der Waals surface area contributed by atoms with Gasteiger partial charge in [0.1, 0.15) is 5.75 Å². The van der Waals surface area contributed by atoms with E-state index in [1.54, 1.807) is 7.11 Å². The van der Waals surface area contributed by atoms with Crippen LogP contribution < -0.4 is 4.74 Å². The van der Waals surface area contributed by atoms with Crippen molar-refractivity contribution in [2.75, 3.05) is 20.3 Å². The van der Waals surface area contributed by atoms with Crippen LogP contribution >= 0.6 is 0 Å². The van der Waals surface area contributed by atoms with Crippen molar-refractivity contribution in [1.29, 1.82) is 0 Å². The number of hydrogen-bond acceptors (Lipinski definition) is 3. The number of hydrogen-bond donors (Lipinski definition) is 0. The summed E-state index contributed by atoms with van der Waals surface area (Å²) in [6.07, 6.45) is 2.11. The highest BCUT2D eigenvalue weighted by atomic mass is 16.5. The zero-order valence-corrected chi connectivity index (χ0v) is 11.4. The van der Waals surface area contributed by atoms with E-state index in [0.29, 0.717) is 18.8 Å². The maximum atomic E-state index is 12.7. The fourth-order valence-corrected chi connectivity index (χ4v) is 3.06. The molecule has 0 saturated carbocycles. The van der Waals surface area contributed by atoms with Crippen LogP contribution in [0.4, 0.5) is 0 Å². The van der Waals surface area contributed by atoms with Gasteiger partial charge < -0.3 is 14.4 Å². The Morgan fingerprint density at radius 3 is 2.63 bits per heavy atom. The molecule has 0 spiro atoms. The Kier molecular flexibility index (Phi) is 3.19. The van der Waals surface area contributed by atoms with Gasteiger partial charge >= 0.3 is 0 Å². The van der Waals surface area contributed by atoms with Crippen LogP contribution in [-0.4, -0.2) is 43.2 Å². The second kappa shape index (κ2) is 4.85. The number of morpholine rings is 1. The monoisotopic (exact) mass is 261 g/mol. The Balaban J connectivity index is 1.88. The first-order valence-electron chi connectivity index (χ1n) is 6.75. The Hall–Kier alpha value is -1.55. The molecule has 4 nitrogen and oxygen atoms in total. The van der Waals surface area contributed by atoms with Gasteiger partial charge in [0.2, 0.25) is 0 Å². The molecular weight excluding hydrogens is 242 g/mol. The topological polar surface area (TPSA) is 38.8 Å². The van der Waals surface area contributed by atoms with Crippen molar-refractivity contribution >= 4 is 5.91 Å². The number of carbonyl (C=O) groups excluding carboxylic acids is 1. The Morgan fingerprint density at radius 2 is 2.00 bits per heavy atom. The van der Waals surface area contributed by atoms with Crippen molar-refractivity contribution in [2.24, 2.45) is 0 Å².